The predicted octanol–water partition coefficient (Wildman–Crippen LogP) is 11.2. The lowest BCUT2D eigenvalue weighted by atomic mass is 9.94. The van der Waals surface area contributed by atoms with E-state index in [1.54, 1.807) is 0 Å². The zero-order valence-electron chi connectivity index (χ0n) is 24.2. The Morgan fingerprint density at radius 3 is 1.78 bits per heavy atom. The van der Waals surface area contributed by atoms with Gasteiger partial charge in [-0.15, -0.1) is 11.3 Å². The number of hydrogen-bond acceptors (Lipinski definition) is 4. The summed E-state index contributed by atoms with van der Waals surface area (Å²) in [6.45, 7) is 0. The average Bonchev–Trinajstić information content (AvgIpc) is 3.49. The average molecular weight is 592 g/mol. The van der Waals surface area contributed by atoms with Crippen LogP contribution in [0.4, 0.5) is 0 Å². The third kappa shape index (κ3) is 4.46. The molecule has 0 saturated heterocycles. The Hall–Kier alpha value is -5.71. The first-order valence-corrected chi connectivity index (χ1v) is 15.8. The molecule has 0 aliphatic rings. The van der Waals surface area contributed by atoms with Gasteiger partial charge in [0.25, 0.3) is 0 Å². The Morgan fingerprint density at radius 1 is 0.333 bits per heavy atom. The number of aromatic nitrogens is 3. The lowest BCUT2D eigenvalue weighted by Crippen LogP contribution is -2.00. The molecule has 0 radical (unpaired) electrons. The molecule has 0 aliphatic carbocycles. The molecule has 9 rings (SSSR count). The molecule has 7 aromatic carbocycles. The molecule has 0 bridgehead atoms. The molecule has 0 atom stereocenters. The second kappa shape index (κ2) is 10.5. The van der Waals surface area contributed by atoms with Crippen LogP contribution < -0.4 is 0 Å². The normalized spacial score (nSPS) is 11.6. The van der Waals surface area contributed by atoms with E-state index >= 15 is 0 Å². The minimum atomic E-state index is 0.659. The summed E-state index contributed by atoms with van der Waals surface area (Å²) in [4.78, 5) is 15.1. The zero-order valence-corrected chi connectivity index (χ0v) is 25.0. The van der Waals surface area contributed by atoms with Crippen molar-refractivity contribution in [1.82, 2.24) is 15.0 Å². The Bertz CT molecular complexity index is 2550. The molecule has 0 amide bonds. The maximum Gasteiger partial charge on any atom is 0.164 e. The first kappa shape index (κ1) is 25.8. The number of nitrogens with zero attached hydrogens (tertiary/aromatic N) is 3. The van der Waals surface area contributed by atoms with Crippen molar-refractivity contribution in [3.63, 3.8) is 0 Å². The van der Waals surface area contributed by atoms with Gasteiger partial charge in [-0.05, 0) is 56.9 Å². The molecule has 0 fully saturated rings. The monoisotopic (exact) mass is 591 g/mol. The van der Waals surface area contributed by atoms with Crippen molar-refractivity contribution < 1.29 is 0 Å². The Balaban J connectivity index is 1.23. The molecule has 9 aromatic rings. The van der Waals surface area contributed by atoms with E-state index in [1.807, 2.05) is 29.5 Å². The van der Waals surface area contributed by atoms with E-state index in [9.17, 15) is 0 Å². The number of benzene rings is 7. The van der Waals surface area contributed by atoms with Gasteiger partial charge in [-0.25, -0.2) is 15.0 Å². The van der Waals surface area contributed by atoms with Gasteiger partial charge >= 0.3 is 0 Å². The van der Waals surface area contributed by atoms with Crippen molar-refractivity contribution >= 4 is 53.1 Å². The first-order chi connectivity index (χ1) is 22.3. The fourth-order valence-corrected chi connectivity index (χ4v) is 7.45. The fraction of sp³-hybridized carbons (Fsp3) is 0. The molecular weight excluding hydrogens is 567 g/mol. The topological polar surface area (TPSA) is 38.7 Å². The number of fused-ring (bicyclic) bond motifs is 5. The SMILES string of the molecule is c1ccc(-c2nc(-c3ccc4ccccc4c3)nc(-c3ccc(-c4ccc5c(c4)sc4ccccc45)c4ccccc34)n2)cc1. The number of hydrogen-bond donors (Lipinski definition) is 0. The van der Waals surface area contributed by atoms with Gasteiger partial charge in [0.15, 0.2) is 17.5 Å². The summed E-state index contributed by atoms with van der Waals surface area (Å²) in [6.07, 6.45) is 0. The lowest BCUT2D eigenvalue weighted by molar-refractivity contribution is 1.08. The van der Waals surface area contributed by atoms with E-state index in [1.165, 1.54) is 42.1 Å². The minimum Gasteiger partial charge on any atom is -0.208 e. The van der Waals surface area contributed by atoms with Gasteiger partial charge < -0.3 is 0 Å². The third-order valence-electron chi connectivity index (χ3n) is 8.53. The van der Waals surface area contributed by atoms with Gasteiger partial charge in [0.2, 0.25) is 0 Å². The van der Waals surface area contributed by atoms with Crippen LogP contribution in [0.1, 0.15) is 0 Å². The molecule has 3 nitrogen and oxygen atoms in total. The molecule has 0 N–H and O–H groups in total. The molecule has 45 heavy (non-hydrogen) atoms. The summed E-state index contributed by atoms with van der Waals surface area (Å²) < 4.78 is 2.61. The van der Waals surface area contributed by atoms with Crippen molar-refractivity contribution in [2.45, 2.75) is 0 Å². The molecule has 2 heterocycles. The third-order valence-corrected chi connectivity index (χ3v) is 9.66. The maximum absolute atomic E-state index is 5.10. The van der Waals surface area contributed by atoms with Crippen LogP contribution in [-0.2, 0) is 0 Å². The molecule has 0 aliphatic heterocycles. The second-order valence-electron chi connectivity index (χ2n) is 11.2. The van der Waals surface area contributed by atoms with E-state index in [0.29, 0.717) is 17.5 Å². The van der Waals surface area contributed by atoms with E-state index in [0.717, 1.165) is 27.5 Å². The summed E-state index contributed by atoms with van der Waals surface area (Å²) in [6, 6.07) is 53.4. The molecule has 4 heteroatoms. The van der Waals surface area contributed by atoms with Crippen LogP contribution in [-0.4, -0.2) is 15.0 Å². The minimum absolute atomic E-state index is 0.659. The summed E-state index contributed by atoms with van der Waals surface area (Å²) >= 11 is 1.85. The second-order valence-corrected chi connectivity index (χ2v) is 12.3. The molecule has 0 unspecified atom stereocenters. The highest BCUT2D eigenvalue weighted by Gasteiger charge is 2.17. The highest BCUT2D eigenvalue weighted by atomic mass is 32.1. The first-order valence-electron chi connectivity index (χ1n) is 15.0. The molecule has 210 valence electrons. The van der Waals surface area contributed by atoms with E-state index < -0.39 is 0 Å². The van der Waals surface area contributed by atoms with Gasteiger partial charge in [0, 0.05) is 36.9 Å². The van der Waals surface area contributed by atoms with E-state index in [4.69, 9.17) is 15.0 Å². The molecule has 2 aromatic heterocycles. The van der Waals surface area contributed by atoms with Crippen LogP contribution in [0.2, 0.25) is 0 Å². The quantitative estimate of drug-likeness (QED) is 0.204. The van der Waals surface area contributed by atoms with Gasteiger partial charge in [-0.2, -0.15) is 0 Å². The highest BCUT2D eigenvalue weighted by molar-refractivity contribution is 7.25. The lowest BCUT2D eigenvalue weighted by Gasteiger charge is -2.13. The Morgan fingerprint density at radius 2 is 0.933 bits per heavy atom. The Kier molecular flexibility index (Phi) is 6.00. The van der Waals surface area contributed by atoms with Crippen LogP contribution in [0, 0.1) is 0 Å². The standard InChI is InChI=1S/C41H25N3S/c1-2-11-27(12-3-1)39-42-40(30-19-18-26-10-4-5-13-28(26)24-30)44-41(43-39)36-23-22-31(32-14-6-7-15-33(32)36)29-20-21-35-34-16-8-9-17-37(34)45-38(35)25-29/h1-25H. The summed E-state index contributed by atoms with van der Waals surface area (Å²) in [5.41, 5.74) is 5.31. The molecular formula is C41H25N3S. The van der Waals surface area contributed by atoms with Crippen LogP contribution in [0.5, 0.6) is 0 Å². The number of rotatable bonds is 4. The van der Waals surface area contributed by atoms with Crippen LogP contribution >= 0.6 is 11.3 Å². The van der Waals surface area contributed by atoms with Crippen molar-refractivity contribution in [1.29, 1.82) is 0 Å². The zero-order chi connectivity index (χ0) is 29.7. The maximum atomic E-state index is 5.10. The van der Waals surface area contributed by atoms with Gasteiger partial charge in [-0.1, -0.05) is 127 Å². The smallest absolute Gasteiger partial charge is 0.164 e. The van der Waals surface area contributed by atoms with E-state index in [2.05, 4.69) is 133 Å². The summed E-state index contributed by atoms with van der Waals surface area (Å²) in [5, 5.41) is 7.25. The van der Waals surface area contributed by atoms with Crippen molar-refractivity contribution in [2.75, 3.05) is 0 Å². The molecule has 0 saturated carbocycles. The van der Waals surface area contributed by atoms with Crippen molar-refractivity contribution in [2.24, 2.45) is 0 Å². The number of thiophene rings is 1. The van der Waals surface area contributed by atoms with Gasteiger partial charge in [0.05, 0.1) is 0 Å². The van der Waals surface area contributed by atoms with Gasteiger partial charge in [-0.3, -0.25) is 0 Å². The summed E-state index contributed by atoms with van der Waals surface area (Å²) in [7, 11) is 0. The summed E-state index contributed by atoms with van der Waals surface area (Å²) in [5.74, 6) is 1.98. The fourth-order valence-electron chi connectivity index (χ4n) is 6.31. The molecule has 0 spiro atoms. The predicted molar refractivity (Wildman–Crippen MR) is 189 cm³/mol. The van der Waals surface area contributed by atoms with Crippen LogP contribution in [0.25, 0.3) is 87.0 Å². The highest BCUT2D eigenvalue weighted by Crippen LogP contribution is 2.40. The van der Waals surface area contributed by atoms with Crippen molar-refractivity contribution in [3.8, 4) is 45.3 Å². The Labute approximate surface area is 264 Å². The van der Waals surface area contributed by atoms with Crippen LogP contribution in [0.3, 0.4) is 0 Å². The van der Waals surface area contributed by atoms with Crippen LogP contribution in [0.15, 0.2) is 152 Å². The van der Waals surface area contributed by atoms with Gasteiger partial charge in [0.1, 0.15) is 0 Å². The largest absolute Gasteiger partial charge is 0.208 e. The van der Waals surface area contributed by atoms with E-state index in [-0.39, 0.29) is 0 Å². The van der Waals surface area contributed by atoms with Crippen molar-refractivity contribution in [3.05, 3.63) is 152 Å².